The van der Waals surface area contributed by atoms with Gasteiger partial charge in [0.25, 0.3) is 0 Å². The molecule has 0 aliphatic carbocycles. The lowest BCUT2D eigenvalue weighted by molar-refractivity contribution is -0.0435. The van der Waals surface area contributed by atoms with Crippen molar-refractivity contribution in [3.05, 3.63) is 65.7 Å². The number of hydrogen-bond donors (Lipinski definition) is 1. The number of hydrogen-bond acceptors (Lipinski definition) is 3. The molecule has 122 valence electrons. The van der Waals surface area contributed by atoms with E-state index in [0.29, 0.717) is 5.92 Å². The van der Waals surface area contributed by atoms with E-state index < -0.39 is 0 Å². The highest BCUT2D eigenvalue weighted by Gasteiger charge is 2.28. The van der Waals surface area contributed by atoms with Gasteiger partial charge in [-0.2, -0.15) is 0 Å². The lowest BCUT2D eigenvalue weighted by Gasteiger charge is -2.32. The van der Waals surface area contributed by atoms with Gasteiger partial charge >= 0.3 is 0 Å². The Kier molecular flexibility index (Phi) is 5.31. The van der Waals surface area contributed by atoms with Gasteiger partial charge in [-0.25, -0.2) is 0 Å². The summed E-state index contributed by atoms with van der Waals surface area (Å²) >= 11 is 0. The fraction of sp³-hybridized carbons (Fsp3) is 0.400. The second kappa shape index (κ2) is 7.62. The second-order valence-electron chi connectivity index (χ2n) is 6.26. The van der Waals surface area contributed by atoms with Crippen LogP contribution in [0.3, 0.4) is 0 Å². The van der Waals surface area contributed by atoms with Crippen LogP contribution in [0, 0.1) is 0 Å². The molecular weight excluding hydrogens is 286 g/mol. The van der Waals surface area contributed by atoms with Gasteiger partial charge in [0, 0.05) is 13.1 Å². The first-order valence-electron chi connectivity index (χ1n) is 8.38. The molecule has 0 saturated carbocycles. The minimum atomic E-state index is -0.108. The molecule has 0 unspecified atom stereocenters. The molecule has 1 saturated heterocycles. The maximum atomic E-state index is 6.47. The predicted octanol–water partition coefficient (Wildman–Crippen LogP) is 3.92. The molecule has 2 aromatic rings. The Morgan fingerprint density at radius 3 is 2.48 bits per heavy atom. The summed E-state index contributed by atoms with van der Waals surface area (Å²) < 4.78 is 12.4. The summed E-state index contributed by atoms with van der Waals surface area (Å²) in [4.78, 5) is 0. The molecule has 1 heterocycles. The van der Waals surface area contributed by atoms with Crippen LogP contribution in [0.1, 0.15) is 37.0 Å². The van der Waals surface area contributed by atoms with Gasteiger partial charge in [-0.15, -0.1) is 0 Å². The first kappa shape index (κ1) is 16.0. The summed E-state index contributed by atoms with van der Waals surface area (Å²) in [6.45, 7) is 6.82. The van der Waals surface area contributed by atoms with Crippen molar-refractivity contribution in [1.82, 2.24) is 5.32 Å². The average molecular weight is 311 g/mol. The highest BCUT2D eigenvalue weighted by molar-refractivity contribution is 5.36. The van der Waals surface area contributed by atoms with Crippen molar-refractivity contribution in [2.45, 2.75) is 32.0 Å². The Balaban J connectivity index is 1.90. The maximum Gasteiger partial charge on any atom is 0.151 e. The van der Waals surface area contributed by atoms with Gasteiger partial charge in [0.1, 0.15) is 11.9 Å². The second-order valence-corrected chi connectivity index (χ2v) is 6.26. The minimum absolute atomic E-state index is 0.0198. The molecule has 0 aromatic heterocycles. The monoisotopic (exact) mass is 311 g/mol. The van der Waals surface area contributed by atoms with Crippen molar-refractivity contribution in [1.29, 1.82) is 0 Å². The van der Waals surface area contributed by atoms with E-state index in [1.54, 1.807) is 0 Å². The third kappa shape index (κ3) is 3.92. The van der Waals surface area contributed by atoms with Crippen molar-refractivity contribution >= 4 is 0 Å². The molecule has 1 aliphatic heterocycles. The first-order chi connectivity index (χ1) is 11.3. The van der Waals surface area contributed by atoms with Crippen molar-refractivity contribution < 1.29 is 9.47 Å². The molecule has 3 nitrogen and oxygen atoms in total. The quantitative estimate of drug-likeness (QED) is 0.908. The number of morpholine rings is 1. The van der Waals surface area contributed by atoms with E-state index in [1.165, 1.54) is 5.56 Å². The van der Waals surface area contributed by atoms with E-state index in [9.17, 15) is 0 Å². The fourth-order valence-electron chi connectivity index (χ4n) is 2.98. The van der Waals surface area contributed by atoms with Crippen LogP contribution in [-0.2, 0) is 4.74 Å². The standard InChI is InChI=1S/C20H25NO2/c1-15(2)17-10-6-7-11-18(17)23-20(16-8-4-3-5-9-16)19-14-21-12-13-22-19/h3-11,15,19-21H,12-14H2,1-2H3/t19-,20-/m0/s1. The molecule has 2 aromatic carbocycles. The zero-order valence-electron chi connectivity index (χ0n) is 13.9. The highest BCUT2D eigenvalue weighted by atomic mass is 16.5. The summed E-state index contributed by atoms with van der Waals surface area (Å²) in [5, 5.41) is 3.40. The first-order valence-corrected chi connectivity index (χ1v) is 8.38. The van der Waals surface area contributed by atoms with Crippen LogP contribution in [0.25, 0.3) is 0 Å². The maximum absolute atomic E-state index is 6.47. The smallest absolute Gasteiger partial charge is 0.151 e. The molecule has 0 spiro atoms. The summed E-state index contributed by atoms with van der Waals surface area (Å²) in [5.41, 5.74) is 2.39. The van der Waals surface area contributed by atoms with E-state index in [0.717, 1.165) is 31.0 Å². The number of ether oxygens (including phenoxy) is 2. The molecule has 0 amide bonds. The number of para-hydroxylation sites is 1. The summed E-state index contributed by atoms with van der Waals surface area (Å²) in [5.74, 6) is 1.37. The summed E-state index contributed by atoms with van der Waals surface area (Å²) in [7, 11) is 0. The highest BCUT2D eigenvalue weighted by Crippen LogP contribution is 2.32. The molecule has 1 aliphatic rings. The SMILES string of the molecule is CC(C)c1ccccc1O[C@@H](c1ccccc1)[C@@H]1CNCCO1. The van der Waals surface area contributed by atoms with E-state index in [1.807, 2.05) is 12.1 Å². The van der Waals surface area contributed by atoms with Gasteiger partial charge in [0.15, 0.2) is 6.10 Å². The number of rotatable bonds is 5. The lowest BCUT2D eigenvalue weighted by Crippen LogP contribution is -2.43. The van der Waals surface area contributed by atoms with Crippen molar-refractivity contribution in [3.8, 4) is 5.75 Å². The molecule has 1 N–H and O–H groups in total. The molecule has 3 rings (SSSR count). The third-order valence-corrected chi connectivity index (χ3v) is 4.22. The average Bonchev–Trinajstić information content (AvgIpc) is 2.61. The Morgan fingerprint density at radius 2 is 1.78 bits per heavy atom. The van der Waals surface area contributed by atoms with Crippen LogP contribution in [0.5, 0.6) is 5.75 Å². The zero-order chi connectivity index (χ0) is 16.1. The van der Waals surface area contributed by atoms with E-state index in [-0.39, 0.29) is 12.2 Å². The van der Waals surface area contributed by atoms with Crippen LogP contribution in [0.15, 0.2) is 54.6 Å². The Morgan fingerprint density at radius 1 is 1.04 bits per heavy atom. The summed E-state index contributed by atoms with van der Waals surface area (Å²) in [6.07, 6.45) is -0.0877. The van der Waals surface area contributed by atoms with Gasteiger partial charge in [-0.05, 0) is 23.1 Å². The summed E-state index contributed by atoms with van der Waals surface area (Å²) in [6, 6.07) is 18.7. The number of benzene rings is 2. The van der Waals surface area contributed by atoms with Gasteiger partial charge in [0.05, 0.1) is 6.61 Å². The zero-order valence-corrected chi connectivity index (χ0v) is 13.9. The molecule has 23 heavy (non-hydrogen) atoms. The van der Waals surface area contributed by atoms with E-state index in [4.69, 9.17) is 9.47 Å². The van der Waals surface area contributed by atoms with Gasteiger partial charge < -0.3 is 14.8 Å². The molecule has 1 fully saturated rings. The van der Waals surface area contributed by atoms with Crippen LogP contribution >= 0.6 is 0 Å². The van der Waals surface area contributed by atoms with E-state index in [2.05, 4.69) is 61.6 Å². The fourth-order valence-corrected chi connectivity index (χ4v) is 2.98. The Hall–Kier alpha value is -1.84. The van der Waals surface area contributed by atoms with Crippen molar-refractivity contribution in [2.75, 3.05) is 19.7 Å². The topological polar surface area (TPSA) is 30.5 Å². The van der Waals surface area contributed by atoms with Gasteiger partial charge in [-0.3, -0.25) is 0 Å². The van der Waals surface area contributed by atoms with Gasteiger partial charge in [-0.1, -0.05) is 62.4 Å². The molecule has 0 radical (unpaired) electrons. The third-order valence-electron chi connectivity index (χ3n) is 4.22. The predicted molar refractivity (Wildman–Crippen MR) is 93.0 cm³/mol. The van der Waals surface area contributed by atoms with Crippen molar-refractivity contribution in [3.63, 3.8) is 0 Å². The molecule has 0 bridgehead atoms. The van der Waals surface area contributed by atoms with Crippen LogP contribution < -0.4 is 10.1 Å². The molecule has 3 heteroatoms. The van der Waals surface area contributed by atoms with Crippen LogP contribution in [0.2, 0.25) is 0 Å². The minimum Gasteiger partial charge on any atom is -0.483 e. The van der Waals surface area contributed by atoms with Crippen molar-refractivity contribution in [2.24, 2.45) is 0 Å². The number of nitrogens with one attached hydrogen (secondary N) is 1. The molecular formula is C20H25NO2. The normalized spacial score (nSPS) is 19.5. The lowest BCUT2D eigenvalue weighted by atomic mass is 10.0. The largest absolute Gasteiger partial charge is 0.483 e. The van der Waals surface area contributed by atoms with Crippen LogP contribution in [-0.4, -0.2) is 25.8 Å². The van der Waals surface area contributed by atoms with E-state index >= 15 is 0 Å². The molecule has 2 atom stereocenters. The van der Waals surface area contributed by atoms with Gasteiger partial charge in [0.2, 0.25) is 0 Å². The van der Waals surface area contributed by atoms with Crippen LogP contribution in [0.4, 0.5) is 0 Å². The Labute approximate surface area is 138 Å². The Bertz CT molecular complexity index is 606.